The Bertz CT molecular complexity index is 964. The molecule has 0 aromatic heterocycles. The van der Waals surface area contributed by atoms with Crippen molar-refractivity contribution in [2.45, 2.75) is 6.42 Å². The largest absolute Gasteiger partial charge is 0.493 e. The number of rotatable bonds is 10. The highest BCUT2D eigenvalue weighted by atomic mass is 19.1. The first-order valence-corrected chi connectivity index (χ1v) is 9.17. The first kappa shape index (κ1) is 23.3. The molecule has 31 heavy (non-hydrogen) atoms. The van der Waals surface area contributed by atoms with Gasteiger partial charge >= 0.3 is 5.97 Å². The van der Waals surface area contributed by atoms with Crippen LogP contribution in [0.5, 0.6) is 11.5 Å². The van der Waals surface area contributed by atoms with Crippen LogP contribution in [0.3, 0.4) is 0 Å². The smallest absolute Gasteiger partial charge is 0.343 e. The highest BCUT2D eigenvalue weighted by molar-refractivity contribution is 5.94. The molecule has 2 amide bonds. The number of methoxy groups -OCH3 is 2. The molecule has 0 spiro atoms. The first-order valence-electron chi connectivity index (χ1n) is 9.17. The van der Waals surface area contributed by atoms with Crippen LogP contribution in [-0.2, 0) is 14.3 Å². The second-order valence-corrected chi connectivity index (χ2v) is 6.05. The summed E-state index contributed by atoms with van der Waals surface area (Å²) in [5.74, 6) is -1.48. The summed E-state index contributed by atoms with van der Waals surface area (Å²) in [5.41, 5.74) is 2.85. The first-order chi connectivity index (χ1) is 14.9. The van der Waals surface area contributed by atoms with Gasteiger partial charge in [0.2, 0.25) is 5.91 Å². The number of halogens is 1. The Morgan fingerprint density at radius 2 is 1.87 bits per heavy atom. The van der Waals surface area contributed by atoms with Crippen LogP contribution in [0.2, 0.25) is 0 Å². The molecule has 9 nitrogen and oxygen atoms in total. The van der Waals surface area contributed by atoms with Crippen LogP contribution >= 0.6 is 0 Å². The molecule has 0 saturated carbocycles. The number of benzene rings is 2. The topological polar surface area (TPSA) is 115 Å². The molecule has 0 aliphatic carbocycles. The Labute approximate surface area is 178 Å². The Kier molecular flexibility index (Phi) is 8.96. The zero-order chi connectivity index (χ0) is 22.6. The lowest BCUT2D eigenvalue weighted by Gasteiger charge is -2.10. The molecule has 164 valence electrons. The van der Waals surface area contributed by atoms with Crippen LogP contribution in [0, 0.1) is 5.82 Å². The summed E-state index contributed by atoms with van der Waals surface area (Å²) in [6.45, 7) is -0.238. The minimum atomic E-state index is -0.633. The summed E-state index contributed by atoms with van der Waals surface area (Å²) in [7, 11) is 2.70. The third-order valence-corrected chi connectivity index (χ3v) is 3.92. The minimum absolute atomic E-state index is 0.0224. The summed E-state index contributed by atoms with van der Waals surface area (Å²) in [4.78, 5) is 34.9. The van der Waals surface area contributed by atoms with Crippen molar-refractivity contribution < 1.29 is 33.0 Å². The summed E-state index contributed by atoms with van der Waals surface area (Å²) < 4.78 is 28.6. The maximum atomic E-state index is 13.5. The number of hydrogen-bond donors (Lipinski definition) is 2. The maximum absolute atomic E-state index is 13.5. The van der Waals surface area contributed by atoms with Crippen molar-refractivity contribution in [1.29, 1.82) is 0 Å². The minimum Gasteiger partial charge on any atom is -0.493 e. The summed E-state index contributed by atoms with van der Waals surface area (Å²) >= 11 is 0. The second kappa shape index (κ2) is 11.9. The standard InChI is InChI=1S/C21H22FN3O6/c1-29-18-11-14(7-8-17(18)31-13-20(27)30-2)12-24-25-19(26)9-10-23-21(28)15-5-3-4-6-16(15)22/h3-8,11-12H,9-10,13H2,1-2H3,(H,23,28)(H,25,26). The van der Waals surface area contributed by atoms with Gasteiger partial charge in [0, 0.05) is 13.0 Å². The maximum Gasteiger partial charge on any atom is 0.343 e. The van der Waals surface area contributed by atoms with E-state index in [-0.39, 0.29) is 25.1 Å². The molecule has 0 heterocycles. The number of hydrogen-bond acceptors (Lipinski definition) is 7. The van der Waals surface area contributed by atoms with Gasteiger partial charge in [0.05, 0.1) is 26.0 Å². The normalized spacial score (nSPS) is 10.4. The lowest BCUT2D eigenvalue weighted by molar-refractivity contribution is -0.142. The molecule has 0 unspecified atom stereocenters. The third-order valence-electron chi connectivity index (χ3n) is 3.92. The molecule has 0 bridgehead atoms. The van der Waals surface area contributed by atoms with E-state index in [1.165, 1.54) is 38.6 Å². The molecule has 0 radical (unpaired) electrons. The summed E-state index contributed by atoms with van der Waals surface area (Å²) in [5, 5.41) is 6.31. The van der Waals surface area contributed by atoms with E-state index in [9.17, 15) is 18.8 Å². The number of carbonyl (C=O) groups excluding carboxylic acids is 3. The van der Waals surface area contributed by atoms with Crippen LogP contribution in [-0.4, -0.2) is 51.4 Å². The van der Waals surface area contributed by atoms with Gasteiger partial charge in [0.25, 0.3) is 5.91 Å². The zero-order valence-corrected chi connectivity index (χ0v) is 17.0. The highest BCUT2D eigenvalue weighted by Gasteiger charge is 2.11. The van der Waals surface area contributed by atoms with Crippen LogP contribution in [0.4, 0.5) is 4.39 Å². The van der Waals surface area contributed by atoms with E-state index in [2.05, 4.69) is 20.6 Å². The Morgan fingerprint density at radius 3 is 2.58 bits per heavy atom. The van der Waals surface area contributed by atoms with Crippen LogP contribution < -0.4 is 20.2 Å². The molecule has 2 aromatic rings. The fourth-order valence-corrected chi connectivity index (χ4v) is 2.34. The molecule has 0 aliphatic rings. The molecular weight excluding hydrogens is 409 g/mol. The van der Waals surface area contributed by atoms with E-state index < -0.39 is 23.6 Å². The molecule has 0 atom stereocenters. The monoisotopic (exact) mass is 431 g/mol. The fourth-order valence-electron chi connectivity index (χ4n) is 2.34. The van der Waals surface area contributed by atoms with Gasteiger partial charge in [-0.2, -0.15) is 5.10 Å². The van der Waals surface area contributed by atoms with Crippen molar-refractivity contribution in [2.24, 2.45) is 5.10 Å². The number of ether oxygens (including phenoxy) is 3. The van der Waals surface area contributed by atoms with Gasteiger partial charge in [0.1, 0.15) is 5.82 Å². The molecule has 0 saturated heterocycles. The number of hydrazone groups is 1. The molecule has 2 rings (SSSR count). The van der Waals surface area contributed by atoms with Gasteiger partial charge < -0.3 is 19.5 Å². The van der Waals surface area contributed by atoms with Gasteiger partial charge in [-0.05, 0) is 35.9 Å². The molecule has 2 N–H and O–H groups in total. The molecule has 0 aliphatic heterocycles. The molecule has 10 heteroatoms. The second-order valence-electron chi connectivity index (χ2n) is 6.05. The van der Waals surface area contributed by atoms with E-state index in [0.717, 1.165) is 0 Å². The van der Waals surface area contributed by atoms with Gasteiger partial charge in [-0.3, -0.25) is 9.59 Å². The average Bonchev–Trinajstić information content (AvgIpc) is 2.77. The van der Waals surface area contributed by atoms with E-state index in [1.807, 2.05) is 0 Å². The quantitative estimate of drug-likeness (QED) is 0.336. The predicted octanol–water partition coefficient (Wildman–Crippen LogP) is 1.66. The van der Waals surface area contributed by atoms with Crippen molar-refractivity contribution >= 4 is 24.0 Å². The van der Waals surface area contributed by atoms with Crippen molar-refractivity contribution in [3.05, 3.63) is 59.4 Å². The van der Waals surface area contributed by atoms with Gasteiger partial charge in [0.15, 0.2) is 18.1 Å². The lowest BCUT2D eigenvalue weighted by atomic mass is 10.2. The van der Waals surface area contributed by atoms with Crippen molar-refractivity contribution in [2.75, 3.05) is 27.4 Å². The number of nitrogens with one attached hydrogen (secondary N) is 2. The van der Waals surface area contributed by atoms with Gasteiger partial charge in [-0.25, -0.2) is 14.6 Å². The van der Waals surface area contributed by atoms with Crippen LogP contribution in [0.25, 0.3) is 0 Å². The molecule has 2 aromatic carbocycles. The number of amides is 2. The summed E-state index contributed by atoms with van der Waals surface area (Å²) in [6, 6.07) is 10.4. The Morgan fingerprint density at radius 1 is 1.10 bits per heavy atom. The van der Waals surface area contributed by atoms with Crippen LogP contribution in [0.15, 0.2) is 47.6 Å². The van der Waals surface area contributed by atoms with Gasteiger partial charge in [-0.1, -0.05) is 12.1 Å². The predicted molar refractivity (Wildman–Crippen MR) is 110 cm³/mol. The summed E-state index contributed by atoms with van der Waals surface area (Å²) in [6.07, 6.45) is 1.35. The third kappa shape index (κ3) is 7.42. The Hall–Kier alpha value is -3.95. The Balaban J connectivity index is 1.80. The van der Waals surface area contributed by atoms with Gasteiger partial charge in [-0.15, -0.1) is 0 Å². The lowest BCUT2D eigenvalue weighted by Crippen LogP contribution is -2.29. The van der Waals surface area contributed by atoms with E-state index in [0.29, 0.717) is 17.1 Å². The average molecular weight is 431 g/mol. The van der Waals surface area contributed by atoms with Crippen LogP contribution in [0.1, 0.15) is 22.3 Å². The van der Waals surface area contributed by atoms with Crippen molar-refractivity contribution in [1.82, 2.24) is 10.7 Å². The highest BCUT2D eigenvalue weighted by Crippen LogP contribution is 2.27. The molecule has 0 fully saturated rings. The number of carbonyl (C=O) groups is 3. The number of nitrogens with zero attached hydrogens (tertiary/aromatic N) is 1. The SMILES string of the molecule is COC(=O)COc1ccc(C=NNC(=O)CCNC(=O)c2ccccc2F)cc1OC. The number of esters is 1. The fraction of sp³-hybridized carbons (Fsp3) is 0.238. The van der Waals surface area contributed by atoms with E-state index in [4.69, 9.17) is 9.47 Å². The zero-order valence-electron chi connectivity index (χ0n) is 17.0. The van der Waals surface area contributed by atoms with E-state index in [1.54, 1.807) is 24.3 Å². The van der Waals surface area contributed by atoms with Crippen molar-refractivity contribution in [3.63, 3.8) is 0 Å². The van der Waals surface area contributed by atoms with E-state index >= 15 is 0 Å². The van der Waals surface area contributed by atoms with Crippen molar-refractivity contribution in [3.8, 4) is 11.5 Å². The molecular formula is C21H22FN3O6.